The monoisotopic (exact) mass is 326 g/mol. The zero-order valence-electron chi connectivity index (χ0n) is 12.6. The molecule has 1 atom stereocenters. The fourth-order valence-electron chi connectivity index (χ4n) is 2.57. The van der Waals surface area contributed by atoms with E-state index in [1.807, 2.05) is 0 Å². The van der Waals surface area contributed by atoms with Crippen molar-refractivity contribution >= 4 is 15.9 Å². The third-order valence-electron chi connectivity index (χ3n) is 3.85. The molecule has 0 amide bonds. The highest BCUT2D eigenvalue weighted by atomic mass is 79.9. The number of halogens is 1. The molecule has 0 heterocycles. The Hall–Kier alpha value is -0.380. The molecule has 0 aliphatic rings. The van der Waals surface area contributed by atoms with E-state index in [4.69, 9.17) is 0 Å². The molecule has 1 aromatic rings. The van der Waals surface area contributed by atoms with Crippen molar-refractivity contribution in [2.24, 2.45) is 5.92 Å². The summed E-state index contributed by atoms with van der Waals surface area (Å²) in [5.41, 5.74) is 1.34. The van der Waals surface area contributed by atoms with Gasteiger partial charge in [-0.05, 0) is 37.7 Å². The Balaban J connectivity index is 2.46. The molecule has 0 saturated heterocycles. The van der Waals surface area contributed by atoms with Crippen LogP contribution >= 0.6 is 15.9 Å². The fourth-order valence-corrected chi connectivity index (χ4v) is 2.83. The first-order chi connectivity index (χ1) is 9.08. The van der Waals surface area contributed by atoms with Crippen molar-refractivity contribution < 1.29 is 0 Å². The van der Waals surface area contributed by atoms with Crippen molar-refractivity contribution in [2.75, 3.05) is 20.6 Å². The lowest BCUT2D eigenvalue weighted by Crippen LogP contribution is -2.42. The summed E-state index contributed by atoms with van der Waals surface area (Å²) in [6, 6.07) is 9.14. The van der Waals surface area contributed by atoms with E-state index in [2.05, 4.69) is 78.4 Å². The Morgan fingerprint density at radius 3 is 2.16 bits per heavy atom. The minimum atomic E-state index is 0.616. The minimum Gasteiger partial charge on any atom is -0.311 e. The zero-order chi connectivity index (χ0) is 14.3. The first-order valence-corrected chi connectivity index (χ1v) is 7.99. The van der Waals surface area contributed by atoms with Gasteiger partial charge in [-0.3, -0.25) is 0 Å². The van der Waals surface area contributed by atoms with Crippen molar-refractivity contribution in [3.8, 4) is 0 Å². The third-order valence-corrected chi connectivity index (χ3v) is 4.38. The van der Waals surface area contributed by atoms with Gasteiger partial charge in [-0.2, -0.15) is 0 Å². The third kappa shape index (κ3) is 5.64. The van der Waals surface area contributed by atoms with Gasteiger partial charge >= 0.3 is 0 Å². The summed E-state index contributed by atoms with van der Waals surface area (Å²) in [7, 11) is 4.37. The van der Waals surface area contributed by atoms with Crippen LogP contribution in [0.25, 0.3) is 0 Å². The van der Waals surface area contributed by atoms with Crippen LogP contribution in [0.2, 0.25) is 0 Å². The number of nitrogens with one attached hydrogen (secondary N) is 1. The van der Waals surface area contributed by atoms with Crippen LogP contribution in [0.3, 0.4) is 0 Å². The number of hydrogen-bond donors (Lipinski definition) is 1. The van der Waals surface area contributed by atoms with Gasteiger partial charge in [-0.1, -0.05) is 54.8 Å². The van der Waals surface area contributed by atoms with Crippen LogP contribution in [0.1, 0.15) is 32.3 Å². The Labute approximate surface area is 126 Å². The first-order valence-electron chi connectivity index (χ1n) is 7.20. The van der Waals surface area contributed by atoms with E-state index in [0.717, 1.165) is 23.5 Å². The summed E-state index contributed by atoms with van der Waals surface area (Å²) in [6.45, 7) is 6.58. The molecule has 0 spiro atoms. The van der Waals surface area contributed by atoms with Gasteiger partial charge in [0.15, 0.2) is 0 Å². The molecule has 1 N–H and O–H groups in total. The fraction of sp³-hybridized carbons (Fsp3) is 0.625. The lowest BCUT2D eigenvalue weighted by Gasteiger charge is -2.31. The summed E-state index contributed by atoms with van der Waals surface area (Å²) in [5, 5.41) is 3.59. The maximum absolute atomic E-state index is 3.59. The van der Waals surface area contributed by atoms with E-state index in [1.165, 1.54) is 18.4 Å². The summed E-state index contributed by atoms with van der Waals surface area (Å²) < 4.78 is 1.14. The van der Waals surface area contributed by atoms with Crippen LogP contribution in [0.4, 0.5) is 0 Å². The molecule has 0 aliphatic carbocycles. The number of hydrogen-bond acceptors (Lipinski definition) is 2. The maximum Gasteiger partial charge on any atom is 0.0242 e. The molecule has 1 unspecified atom stereocenters. The summed E-state index contributed by atoms with van der Waals surface area (Å²) in [4.78, 5) is 2.35. The van der Waals surface area contributed by atoms with Crippen molar-refractivity contribution in [3.63, 3.8) is 0 Å². The van der Waals surface area contributed by atoms with Gasteiger partial charge in [0.2, 0.25) is 0 Å². The van der Waals surface area contributed by atoms with Crippen LogP contribution in [-0.2, 0) is 6.54 Å². The van der Waals surface area contributed by atoms with Gasteiger partial charge < -0.3 is 10.2 Å². The predicted molar refractivity (Wildman–Crippen MR) is 87.4 cm³/mol. The maximum atomic E-state index is 3.59. The molecule has 0 bridgehead atoms. The summed E-state index contributed by atoms with van der Waals surface area (Å²) >= 11 is 3.47. The SMILES string of the molecule is CCC(CC)C(CNCc1ccc(Br)cc1)N(C)C. The molecule has 1 rings (SSSR count). The Kier molecular flexibility index (Phi) is 7.66. The Bertz CT molecular complexity index is 344. The van der Waals surface area contributed by atoms with Crippen molar-refractivity contribution in [2.45, 2.75) is 39.3 Å². The second-order valence-electron chi connectivity index (χ2n) is 5.36. The molecule has 1 aromatic carbocycles. The highest BCUT2D eigenvalue weighted by molar-refractivity contribution is 9.10. The smallest absolute Gasteiger partial charge is 0.0242 e. The van der Waals surface area contributed by atoms with Crippen LogP contribution in [0.5, 0.6) is 0 Å². The Morgan fingerprint density at radius 1 is 1.11 bits per heavy atom. The number of benzene rings is 1. The van der Waals surface area contributed by atoms with E-state index in [9.17, 15) is 0 Å². The normalized spacial score (nSPS) is 13.2. The van der Waals surface area contributed by atoms with E-state index < -0.39 is 0 Å². The van der Waals surface area contributed by atoms with Crippen molar-refractivity contribution in [3.05, 3.63) is 34.3 Å². The molecule has 19 heavy (non-hydrogen) atoms. The average molecular weight is 327 g/mol. The van der Waals surface area contributed by atoms with Gasteiger partial charge in [-0.25, -0.2) is 0 Å². The van der Waals surface area contributed by atoms with Crippen LogP contribution in [-0.4, -0.2) is 31.6 Å². The number of likely N-dealkylation sites (N-methyl/N-ethyl adjacent to an activating group) is 1. The highest BCUT2D eigenvalue weighted by Crippen LogP contribution is 2.16. The Morgan fingerprint density at radius 2 is 1.68 bits per heavy atom. The highest BCUT2D eigenvalue weighted by Gasteiger charge is 2.19. The lowest BCUT2D eigenvalue weighted by atomic mass is 9.93. The van der Waals surface area contributed by atoms with Crippen molar-refractivity contribution in [1.29, 1.82) is 0 Å². The van der Waals surface area contributed by atoms with Gasteiger partial charge in [0.05, 0.1) is 0 Å². The van der Waals surface area contributed by atoms with Gasteiger partial charge in [0, 0.05) is 23.6 Å². The van der Waals surface area contributed by atoms with E-state index in [-0.39, 0.29) is 0 Å². The first kappa shape index (κ1) is 16.7. The van der Waals surface area contributed by atoms with E-state index in [0.29, 0.717) is 6.04 Å². The quantitative estimate of drug-likeness (QED) is 0.779. The second-order valence-corrected chi connectivity index (χ2v) is 6.28. The summed E-state index contributed by atoms with van der Waals surface area (Å²) in [6.07, 6.45) is 2.50. The number of rotatable bonds is 8. The molecule has 0 radical (unpaired) electrons. The minimum absolute atomic E-state index is 0.616. The average Bonchev–Trinajstić information content (AvgIpc) is 2.40. The molecule has 2 nitrogen and oxygen atoms in total. The standard InChI is InChI=1S/C16H27BrN2/c1-5-14(6-2)16(19(3)4)12-18-11-13-7-9-15(17)10-8-13/h7-10,14,16,18H,5-6,11-12H2,1-4H3. The molecular formula is C16H27BrN2. The molecule has 3 heteroatoms. The van der Waals surface area contributed by atoms with Gasteiger partial charge in [-0.15, -0.1) is 0 Å². The zero-order valence-corrected chi connectivity index (χ0v) is 14.2. The van der Waals surface area contributed by atoms with E-state index in [1.54, 1.807) is 0 Å². The number of nitrogens with zero attached hydrogens (tertiary/aromatic N) is 1. The second kappa shape index (κ2) is 8.72. The van der Waals surface area contributed by atoms with Crippen LogP contribution < -0.4 is 5.32 Å². The van der Waals surface area contributed by atoms with Gasteiger partial charge in [0.25, 0.3) is 0 Å². The molecular weight excluding hydrogens is 300 g/mol. The topological polar surface area (TPSA) is 15.3 Å². The predicted octanol–water partition coefficient (Wildman–Crippen LogP) is 3.91. The lowest BCUT2D eigenvalue weighted by molar-refractivity contribution is 0.194. The summed E-state index contributed by atoms with van der Waals surface area (Å²) in [5.74, 6) is 0.771. The van der Waals surface area contributed by atoms with E-state index >= 15 is 0 Å². The molecule has 108 valence electrons. The molecule has 0 fully saturated rings. The van der Waals surface area contributed by atoms with Crippen molar-refractivity contribution in [1.82, 2.24) is 10.2 Å². The molecule has 0 aromatic heterocycles. The largest absolute Gasteiger partial charge is 0.311 e. The van der Waals surface area contributed by atoms with Crippen LogP contribution in [0, 0.1) is 5.92 Å². The van der Waals surface area contributed by atoms with Gasteiger partial charge in [0.1, 0.15) is 0 Å². The molecule has 0 aliphatic heterocycles. The van der Waals surface area contributed by atoms with Crippen LogP contribution in [0.15, 0.2) is 28.7 Å². The molecule has 0 saturated carbocycles.